The maximum Gasteiger partial charge on any atom is 0.147 e. The number of aliphatic hydroxyl groups excluding tert-OH is 4. The van der Waals surface area contributed by atoms with E-state index >= 15 is 0 Å². The third kappa shape index (κ3) is 3.95. The van der Waals surface area contributed by atoms with Crippen LogP contribution in [0.15, 0.2) is 48.5 Å². The van der Waals surface area contributed by atoms with Crippen molar-refractivity contribution in [3.63, 3.8) is 0 Å². The number of nitrogens with zero attached hydrogens (tertiary/aromatic N) is 2. The highest BCUT2D eigenvalue weighted by Crippen LogP contribution is 2.34. The second-order valence-electron chi connectivity index (χ2n) is 7.08. The van der Waals surface area contributed by atoms with Crippen LogP contribution < -0.4 is 0 Å². The van der Waals surface area contributed by atoms with Crippen LogP contribution >= 0.6 is 11.3 Å². The van der Waals surface area contributed by atoms with E-state index in [4.69, 9.17) is 4.74 Å². The van der Waals surface area contributed by atoms with Crippen LogP contribution in [0.3, 0.4) is 0 Å². The Morgan fingerprint density at radius 1 is 0.897 bits per heavy atom. The first-order valence-electron chi connectivity index (χ1n) is 9.29. The second kappa shape index (κ2) is 8.27. The zero-order valence-electron chi connectivity index (χ0n) is 15.7. The van der Waals surface area contributed by atoms with Gasteiger partial charge >= 0.3 is 0 Å². The molecule has 2 heterocycles. The highest BCUT2D eigenvalue weighted by Gasteiger charge is 2.43. The van der Waals surface area contributed by atoms with Gasteiger partial charge in [-0.15, -0.1) is 10.2 Å². The Hall–Kier alpha value is -2.20. The van der Waals surface area contributed by atoms with E-state index in [0.29, 0.717) is 5.56 Å². The SMILES string of the molecule is Cc1nnc(-c2ccc(-c3cccc([C@H]4OC(CO)[C@@H](O)C(O)C4O)c3)cc2)s1. The number of aryl methyl sites for hydroxylation is 1. The van der Waals surface area contributed by atoms with Crippen molar-refractivity contribution in [1.82, 2.24) is 10.2 Å². The van der Waals surface area contributed by atoms with Gasteiger partial charge in [-0.05, 0) is 29.7 Å². The summed E-state index contributed by atoms with van der Waals surface area (Å²) in [5.74, 6) is 0. The van der Waals surface area contributed by atoms with Crippen molar-refractivity contribution in [3.05, 3.63) is 59.1 Å². The molecule has 29 heavy (non-hydrogen) atoms. The van der Waals surface area contributed by atoms with Crippen molar-refractivity contribution < 1.29 is 25.2 Å². The molecule has 0 spiro atoms. The number of rotatable bonds is 4. The van der Waals surface area contributed by atoms with Gasteiger partial charge in [0, 0.05) is 5.56 Å². The van der Waals surface area contributed by atoms with Gasteiger partial charge in [-0.2, -0.15) is 0 Å². The van der Waals surface area contributed by atoms with Crippen LogP contribution in [-0.2, 0) is 4.74 Å². The van der Waals surface area contributed by atoms with Gasteiger partial charge in [0.15, 0.2) is 0 Å². The smallest absolute Gasteiger partial charge is 0.147 e. The normalized spacial score (nSPS) is 27.1. The predicted molar refractivity (Wildman–Crippen MR) is 108 cm³/mol. The number of aromatic nitrogens is 2. The second-order valence-corrected chi connectivity index (χ2v) is 8.26. The van der Waals surface area contributed by atoms with E-state index < -0.39 is 37.1 Å². The molecule has 7 nitrogen and oxygen atoms in total. The van der Waals surface area contributed by atoms with Crippen LogP contribution in [0.4, 0.5) is 0 Å². The number of aliphatic hydroxyl groups is 4. The molecule has 0 saturated carbocycles. The van der Waals surface area contributed by atoms with Crippen molar-refractivity contribution in [2.75, 3.05) is 6.61 Å². The molecule has 4 N–H and O–H groups in total. The third-order valence-corrected chi connectivity index (χ3v) is 5.99. The van der Waals surface area contributed by atoms with E-state index in [1.54, 1.807) is 6.07 Å². The van der Waals surface area contributed by atoms with E-state index in [1.807, 2.05) is 49.4 Å². The van der Waals surface area contributed by atoms with Crippen LogP contribution in [0, 0.1) is 6.92 Å². The van der Waals surface area contributed by atoms with E-state index in [1.165, 1.54) is 11.3 Å². The minimum absolute atomic E-state index is 0.451. The topological polar surface area (TPSA) is 116 Å². The van der Waals surface area contributed by atoms with Crippen molar-refractivity contribution in [3.8, 4) is 21.7 Å². The Balaban J connectivity index is 1.60. The maximum absolute atomic E-state index is 10.4. The molecule has 3 aromatic rings. The molecule has 152 valence electrons. The molecule has 8 heteroatoms. The van der Waals surface area contributed by atoms with Crippen LogP contribution in [0.1, 0.15) is 16.7 Å². The lowest BCUT2D eigenvalue weighted by molar-refractivity contribution is -0.231. The zero-order valence-corrected chi connectivity index (χ0v) is 16.5. The van der Waals surface area contributed by atoms with Gasteiger partial charge in [0.05, 0.1) is 6.61 Å². The molecule has 1 fully saturated rings. The molecule has 0 aliphatic carbocycles. The van der Waals surface area contributed by atoms with Gasteiger partial charge in [-0.25, -0.2) is 0 Å². The number of benzene rings is 2. The summed E-state index contributed by atoms with van der Waals surface area (Å²) in [5.41, 5.74) is 3.54. The Morgan fingerprint density at radius 2 is 1.62 bits per heavy atom. The van der Waals surface area contributed by atoms with Crippen molar-refractivity contribution in [2.45, 2.75) is 37.4 Å². The van der Waals surface area contributed by atoms with Crippen LogP contribution in [0.2, 0.25) is 0 Å². The molecule has 1 saturated heterocycles. The lowest BCUT2D eigenvalue weighted by Crippen LogP contribution is -2.55. The Bertz CT molecular complexity index is 975. The van der Waals surface area contributed by atoms with Gasteiger partial charge in [0.1, 0.15) is 40.5 Å². The molecule has 0 bridgehead atoms. The minimum Gasteiger partial charge on any atom is -0.394 e. The lowest BCUT2D eigenvalue weighted by atomic mass is 9.90. The Labute approximate surface area is 171 Å². The molecule has 1 aliphatic heterocycles. The summed E-state index contributed by atoms with van der Waals surface area (Å²) in [6, 6.07) is 15.4. The zero-order chi connectivity index (χ0) is 20.5. The largest absolute Gasteiger partial charge is 0.394 e. The summed E-state index contributed by atoms with van der Waals surface area (Å²) < 4.78 is 5.66. The number of hydrogen-bond donors (Lipinski definition) is 4. The van der Waals surface area contributed by atoms with E-state index in [-0.39, 0.29) is 0 Å². The first kappa shape index (κ1) is 20.1. The first-order valence-corrected chi connectivity index (χ1v) is 10.1. The molecular weight excluding hydrogens is 392 g/mol. The van der Waals surface area contributed by atoms with E-state index in [0.717, 1.165) is 26.7 Å². The molecule has 2 aromatic carbocycles. The molecular formula is C21H22N2O5S. The van der Waals surface area contributed by atoms with Crippen molar-refractivity contribution in [1.29, 1.82) is 0 Å². The van der Waals surface area contributed by atoms with Crippen LogP contribution in [-0.4, -0.2) is 61.6 Å². The monoisotopic (exact) mass is 414 g/mol. The number of hydrogen-bond acceptors (Lipinski definition) is 8. The standard InChI is InChI=1S/C21H22N2O5S/c1-11-22-23-21(29-11)13-7-5-12(6-8-13)14-3-2-4-15(9-14)20-19(27)18(26)17(25)16(10-24)28-20/h2-9,16-20,24-27H,10H2,1H3/t16?,17-,18?,19?,20-/m1/s1. The third-order valence-electron chi connectivity index (χ3n) is 5.10. The average molecular weight is 414 g/mol. The number of ether oxygens (including phenoxy) is 1. The first-order chi connectivity index (χ1) is 14.0. The fraction of sp³-hybridized carbons (Fsp3) is 0.333. The Kier molecular flexibility index (Phi) is 5.73. The minimum atomic E-state index is -1.40. The molecule has 1 aliphatic rings. The highest BCUT2D eigenvalue weighted by atomic mass is 32.1. The van der Waals surface area contributed by atoms with Gasteiger partial charge in [0.25, 0.3) is 0 Å². The molecule has 1 aromatic heterocycles. The lowest BCUT2D eigenvalue weighted by Gasteiger charge is -2.40. The van der Waals surface area contributed by atoms with E-state index in [9.17, 15) is 20.4 Å². The summed E-state index contributed by atoms with van der Waals surface area (Å²) >= 11 is 1.54. The molecule has 0 amide bonds. The fourth-order valence-corrected chi connectivity index (χ4v) is 4.19. The summed E-state index contributed by atoms with van der Waals surface area (Å²) in [6.07, 6.45) is -5.85. The van der Waals surface area contributed by atoms with Gasteiger partial charge in [0.2, 0.25) is 0 Å². The van der Waals surface area contributed by atoms with Crippen LogP contribution in [0.25, 0.3) is 21.7 Å². The fourth-order valence-electron chi connectivity index (χ4n) is 3.49. The van der Waals surface area contributed by atoms with Crippen LogP contribution in [0.5, 0.6) is 0 Å². The molecule has 0 radical (unpaired) electrons. The quantitative estimate of drug-likeness (QED) is 0.513. The van der Waals surface area contributed by atoms with E-state index in [2.05, 4.69) is 10.2 Å². The van der Waals surface area contributed by atoms with Gasteiger partial charge in [-0.1, -0.05) is 53.8 Å². The van der Waals surface area contributed by atoms with Gasteiger partial charge < -0.3 is 25.2 Å². The van der Waals surface area contributed by atoms with Crippen molar-refractivity contribution >= 4 is 11.3 Å². The molecule has 5 atom stereocenters. The average Bonchev–Trinajstić information content (AvgIpc) is 3.19. The predicted octanol–water partition coefficient (Wildman–Crippen LogP) is 1.70. The van der Waals surface area contributed by atoms with Gasteiger partial charge in [-0.3, -0.25) is 0 Å². The Morgan fingerprint density at radius 3 is 2.28 bits per heavy atom. The summed E-state index contributed by atoms with van der Waals surface area (Å²) in [6.45, 7) is 1.47. The summed E-state index contributed by atoms with van der Waals surface area (Å²) in [5, 5.41) is 49.8. The molecule has 3 unspecified atom stereocenters. The van der Waals surface area contributed by atoms with Crippen molar-refractivity contribution in [2.24, 2.45) is 0 Å². The molecule has 4 rings (SSSR count). The highest BCUT2D eigenvalue weighted by molar-refractivity contribution is 7.14. The summed E-state index contributed by atoms with van der Waals surface area (Å²) in [4.78, 5) is 0. The summed E-state index contributed by atoms with van der Waals surface area (Å²) in [7, 11) is 0. The maximum atomic E-state index is 10.4.